The van der Waals surface area contributed by atoms with Gasteiger partial charge < -0.3 is 5.11 Å². The van der Waals surface area contributed by atoms with Crippen molar-refractivity contribution in [3.8, 4) is 0 Å². The lowest BCUT2D eigenvalue weighted by Gasteiger charge is -2.12. The predicted octanol–water partition coefficient (Wildman–Crippen LogP) is 2.28. The summed E-state index contributed by atoms with van der Waals surface area (Å²) >= 11 is 0. The van der Waals surface area contributed by atoms with Crippen molar-refractivity contribution in [2.24, 2.45) is 0 Å². The van der Waals surface area contributed by atoms with Crippen LogP contribution in [0.2, 0.25) is 0 Å². The molecule has 0 fully saturated rings. The molecule has 0 bridgehead atoms. The summed E-state index contributed by atoms with van der Waals surface area (Å²) in [5.74, 6) is 0.334. The van der Waals surface area contributed by atoms with Crippen LogP contribution in [0.3, 0.4) is 0 Å². The van der Waals surface area contributed by atoms with Crippen LogP contribution < -0.4 is 0 Å². The Hall–Kier alpha value is -0.880. The molecular formula is C15H28N2O3S. The van der Waals surface area contributed by atoms with Crippen molar-refractivity contribution in [3.05, 3.63) is 17.0 Å². The summed E-state index contributed by atoms with van der Waals surface area (Å²) in [5, 5.41) is 14.7. The smallest absolute Gasteiger partial charge is 0.152 e. The van der Waals surface area contributed by atoms with Gasteiger partial charge in [-0.3, -0.25) is 4.68 Å². The topological polar surface area (TPSA) is 72.2 Å². The molecule has 0 aliphatic rings. The first-order valence-electron chi connectivity index (χ1n) is 7.86. The van der Waals surface area contributed by atoms with E-state index in [1.165, 1.54) is 0 Å². The average Bonchev–Trinajstić information content (AvgIpc) is 2.82. The van der Waals surface area contributed by atoms with Gasteiger partial charge in [0.1, 0.15) is 0 Å². The Labute approximate surface area is 128 Å². The van der Waals surface area contributed by atoms with Crippen LogP contribution in [-0.4, -0.2) is 34.8 Å². The molecule has 0 radical (unpaired) electrons. The van der Waals surface area contributed by atoms with Crippen LogP contribution in [0.25, 0.3) is 0 Å². The summed E-state index contributed by atoms with van der Waals surface area (Å²) in [4.78, 5) is 0. The molecule has 0 spiro atoms. The van der Waals surface area contributed by atoms with Crippen molar-refractivity contribution in [3.63, 3.8) is 0 Å². The van der Waals surface area contributed by atoms with Crippen molar-refractivity contribution in [1.29, 1.82) is 0 Å². The minimum absolute atomic E-state index is 0.111. The number of aromatic nitrogens is 2. The van der Waals surface area contributed by atoms with Gasteiger partial charge in [0.05, 0.1) is 24.1 Å². The summed E-state index contributed by atoms with van der Waals surface area (Å²) < 4.78 is 25.5. The lowest BCUT2D eigenvalue weighted by molar-refractivity contribution is 0.171. The molecule has 0 aliphatic carbocycles. The summed E-state index contributed by atoms with van der Waals surface area (Å²) in [6.45, 7) is 8.20. The first-order valence-corrected chi connectivity index (χ1v) is 9.69. The molecule has 5 nitrogen and oxygen atoms in total. The third kappa shape index (κ3) is 4.54. The number of aryl methyl sites for hydroxylation is 2. The zero-order valence-electron chi connectivity index (χ0n) is 13.6. The van der Waals surface area contributed by atoms with E-state index in [-0.39, 0.29) is 11.5 Å². The molecule has 0 saturated carbocycles. The van der Waals surface area contributed by atoms with Gasteiger partial charge in [-0.15, -0.1) is 0 Å². The normalized spacial score (nSPS) is 13.6. The van der Waals surface area contributed by atoms with Crippen LogP contribution in [0, 0.1) is 0 Å². The van der Waals surface area contributed by atoms with E-state index in [1.807, 2.05) is 27.7 Å². The van der Waals surface area contributed by atoms with E-state index in [1.54, 1.807) is 4.68 Å². The summed E-state index contributed by atoms with van der Waals surface area (Å²) in [6, 6.07) is 0. The van der Waals surface area contributed by atoms with E-state index in [0.717, 1.165) is 29.8 Å². The Balaban J connectivity index is 3.05. The van der Waals surface area contributed by atoms with Crippen LogP contribution in [0.15, 0.2) is 0 Å². The SMILES string of the molecule is CCCS(=O)(=O)CCn1nc(CC)c(C(O)CC)c1CC. The van der Waals surface area contributed by atoms with Gasteiger partial charge >= 0.3 is 0 Å². The minimum atomic E-state index is -3.01. The molecule has 1 unspecified atom stereocenters. The van der Waals surface area contributed by atoms with E-state index < -0.39 is 15.9 Å². The van der Waals surface area contributed by atoms with Crippen molar-refractivity contribution >= 4 is 9.84 Å². The fraction of sp³-hybridized carbons (Fsp3) is 0.800. The van der Waals surface area contributed by atoms with Gasteiger partial charge in [0.25, 0.3) is 0 Å². The van der Waals surface area contributed by atoms with Gasteiger partial charge in [-0.2, -0.15) is 5.10 Å². The lowest BCUT2D eigenvalue weighted by Crippen LogP contribution is -2.18. The highest BCUT2D eigenvalue weighted by Gasteiger charge is 2.21. The van der Waals surface area contributed by atoms with Gasteiger partial charge in [-0.25, -0.2) is 8.42 Å². The molecule has 21 heavy (non-hydrogen) atoms. The molecule has 0 aromatic carbocycles. The number of aliphatic hydroxyl groups is 1. The molecule has 122 valence electrons. The Morgan fingerprint density at radius 1 is 1.14 bits per heavy atom. The minimum Gasteiger partial charge on any atom is -0.388 e. The highest BCUT2D eigenvalue weighted by molar-refractivity contribution is 7.91. The van der Waals surface area contributed by atoms with Crippen molar-refractivity contribution < 1.29 is 13.5 Å². The van der Waals surface area contributed by atoms with E-state index in [0.29, 0.717) is 19.4 Å². The summed E-state index contributed by atoms with van der Waals surface area (Å²) in [6.07, 6.45) is 2.25. The van der Waals surface area contributed by atoms with Gasteiger partial charge in [0.2, 0.25) is 0 Å². The zero-order valence-corrected chi connectivity index (χ0v) is 14.4. The molecule has 0 aliphatic heterocycles. The molecule has 0 saturated heterocycles. The van der Waals surface area contributed by atoms with Gasteiger partial charge in [0, 0.05) is 17.0 Å². The molecule has 1 rings (SSSR count). The molecule has 0 amide bonds. The van der Waals surface area contributed by atoms with E-state index in [9.17, 15) is 13.5 Å². The third-order valence-electron chi connectivity index (χ3n) is 3.69. The van der Waals surface area contributed by atoms with Crippen LogP contribution in [0.1, 0.15) is 63.6 Å². The fourth-order valence-electron chi connectivity index (χ4n) is 2.61. The molecule has 6 heteroatoms. The molecule has 1 aromatic heterocycles. The highest BCUT2D eigenvalue weighted by Crippen LogP contribution is 2.26. The Morgan fingerprint density at radius 3 is 2.29 bits per heavy atom. The van der Waals surface area contributed by atoms with Crippen LogP contribution in [0.4, 0.5) is 0 Å². The average molecular weight is 316 g/mol. The van der Waals surface area contributed by atoms with E-state index >= 15 is 0 Å². The van der Waals surface area contributed by atoms with Crippen LogP contribution >= 0.6 is 0 Å². The maximum atomic E-state index is 11.9. The molecule has 1 N–H and O–H groups in total. The van der Waals surface area contributed by atoms with Crippen LogP contribution in [0.5, 0.6) is 0 Å². The Morgan fingerprint density at radius 2 is 1.81 bits per heavy atom. The van der Waals surface area contributed by atoms with Crippen molar-refractivity contribution in [1.82, 2.24) is 9.78 Å². The predicted molar refractivity (Wildman–Crippen MR) is 85.2 cm³/mol. The second-order valence-corrected chi connectivity index (χ2v) is 7.62. The van der Waals surface area contributed by atoms with Gasteiger partial charge in [-0.1, -0.05) is 27.7 Å². The van der Waals surface area contributed by atoms with E-state index in [2.05, 4.69) is 5.10 Å². The third-order valence-corrected chi connectivity index (χ3v) is 5.53. The molecule has 1 atom stereocenters. The maximum absolute atomic E-state index is 11.9. The molecule has 1 heterocycles. The first-order chi connectivity index (χ1) is 9.90. The Bertz CT molecular complexity index is 550. The number of nitrogens with zero attached hydrogens (tertiary/aromatic N) is 2. The highest BCUT2D eigenvalue weighted by atomic mass is 32.2. The quantitative estimate of drug-likeness (QED) is 0.758. The van der Waals surface area contributed by atoms with Gasteiger partial charge in [-0.05, 0) is 25.7 Å². The Kier molecular flexibility index (Phi) is 6.87. The van der Waals surface area contributed by atoms with Crippen LogP contribution in [-0.2, 0) is 29.2 Å². The number of aliphatic hydroxyl groups excluding tert-OH is 1. The number of sulfone groups is 1. The number of hydrogen-bond donors (Lipinski definition) is 1. The van der Waals surface area contributed by atoms with Gasteiger partial charge in [0.15, 0.2) is 9.84 Å². The second-order valence-electron chi connectivity index (χ2n) is 5.31. The standard InChI is InChI=1S/C15H28N2O3S/c1-5-10-21(19,20)11-9-17-13(7-3)15(14(18)8-4)12(6-2)16-17/h14,18H,5-11H2,1-4H3. The summed E-state index contributed by atoms with van der Waals surface area (Å²) in [7, 11) is -3.01. The van der Waals surface area contributed by atoms with E-state index in [4.69, 9.17) is 0 Å². The summed E-state index contributed by atoms with van der Waals surface area (Å²) in [5.41, 5.74) is 2.75. The van der Waals surface area contributed by atoms with Crippen molar-refractivity contribution in [2.75, 3.05) is 11.5 Å². The lowest BCUT2D eigenvalue weighted by atomic mass is 10.0. The largest absolute Gasteiger partial charge is 0.388 e. The number of rotatable bonds is 9. The maximum Gasteiger partial charge on any atom is 0.152 e. The second kappa shape index (κ2) is 7.94. The zero-order chi connectivity index (χ0) is 16.0. The monoisotopic (exact) mass is 316 g/mol. The fourth-order valence-corrected chi connectivity index (χ4v) is 3.89. The molecular weight excluding hydrogens is 288 g/mol. The first kappa shape index (κ1) is 18.2. The molecule has 1 aromatic rings. The number of hydrogen-bond acceptors (Lipinski definition) is 4. The van der Waals surface area contributed by atoms with Crippen molar-refractivity contribution in [2.45, 2.75) is 66.0 Å².